The summed E-state index contributed by atoms with van der Waals surface area (Å²) in [6.45, 7) is 28.5. The first-order valence-corrected chi connectivity index (χ1v) is 29.7. The van der Waals surface area contributed by atoms with Crippen molar-refractivity contribution in [2.24, 2.45) is 27.2 Å². The number of hydrogen-bond acceptors (Lipinski definition) is 16. The lowest BCUT2D eigenvalue weighted by Crippen LogP contribution is -2.59. The van der Waals surface area contributed by atoms with E-state index in [0.29, 0.717) is 57.3 Å². The summed E-state index contributed by atoms with van der Waals surface area (Å²) in [6.07, 6.45) is 3.92. The number of carbonyl (C=O) groups excluding carboxylic acids is 2. The van der Waals surface area contributed by atoms with Crippen LogP contribution in [0.3, 0.4) is 0 Å². The molecule has 20 nitrogen and oxygen atoms in total. The molecule has 0 radical (unpaired) electrons. The van der Waals surface area contributed by atoms with Crippen molar-refractivity contribution >= 4 is 50.4 Å². The Labute approximate surface area is 480 Å². The van der Waals surface area contributed by atoms with Crippen LogP contribution in [-0.2, 0) is 33.2 Å². The Balaban J connectivity index is 0.000000285. The van der Waals surface area contributed by atoms with Gasteiger partial charge in [-0.1, -0.05) is 45.0 Å². The third kappa shape index (κ3) is 22.6. The quantitative estimate of drug-likeness (QED) is 0.0212. The minimum Gasteiger partial charge on any atom is -0.415 e. The Morgan fingerprint density at radius 1 is 0.765 bits per heavy atom. The van der Waals surface area contributed by atoms with Crippen LogP contribution in [0.1, 0.15) is 84.6 Å². The van der Waals surface area contributed by atoms with Crippen molar-refractivity contribution in [3.05, 3.63) is 112 Å². The van der Waals surface area contributed by atoms with Gasteiger partial charge >= 0.3 is 18.2 Å². The monoisotopic (exact) mass is 1170 g/mol. The summed E-state index contributed by atoms with van der Waals surface area (Å²) in [7, 11) is -1.63. The number of anilines is 1. The van der Waals surface area contributed by atoms with Crippen LogP contribution in [0.5, 0.6) is 0 Å². The molecule has 0 spiro atoms. The number of hydrogen-bond donors (Lipinski definition) is 7. The molecule has 10 N–H and O–H groups in total. The second-order valence-electron chi connectivity index (χ2n) is 22.6. The van der Waals surface area contributed by atoms with Crippen LogP contribution in [0.25, 0.3) is 22.5 Å². The van der Waals surface area contributed by atoms with Crippen LogP contribution in [0.4, 0.5) is 28.7 Å². The number of alkyl halides is 3. The molecule has 4 aromatic rings. The number of halogens is 4. The fourth-order valence-corrected chi connectivity index (χ4v) is 8.64. The number of allylic oxidation sites excluding steroid dienone is 2. The number of benzene rings is 2. The minimum atomic E-state index is -4.65. The van der Waals surface area contributed by atoms with Crippen LogP contribution in [0.2, 0.25) is 23.4 Å². The van der Waals surface area contributed by atoms with Crippen molar-refractivity contribution in [1.82, 2.24) is 40.4 Å². The molecule has 2 aliphatic heterocycles. The second kappa shape index (κ2) is 29.8. The average Bonchev–Trinajstić information content (AvgIpc) is 3.38. The van der Waals surface area contributed by atoms with E-state index in [4.69, 9.17) is 47.8 Å². The molecule has 25 heteroatoms. The molecule has 4 heterocycles. The zero-order chi connectivity index (χ0) is 60.3. The van der Waals surface area contributed by atoms with Gasteiger partial charge < -0.3 is 62.0 Å². The fourth-order valence-electron chi connectivity index (χ4n) is 7.45. The number of aryl methyl sites for hydroxylation is 1. The predicted molar refractivity (Wildman–Crippen MR) is 316 cm³/mol. The summed E-state index contributed by atoms with van der Waals surface area (Å²) in [5.41, 5.74) is 19.9. The highest BCUT2D eigenvalue weighted by molar-refractivity contribution is 6.74. The summed E-state index contributed by atoms with van der Waals surface area (Å²) in [5.74, 6) is 0.0999. The molecular formula is C56H82ClF3N14O6Si. The van der Waals surface area contributed by atoms with E-state index in [-0.39, 0.29) is 82.2 Å². The van der Waals surface area contributed by atoms with E-state index in [1.807, 2.05) is 72.7 Å². The van der Waals surface area contributed by atoms with Gasteiger partial charge in [-0.3, -0.25) is 9.98 Å². The molecule has 2 aromatic carbocycles. The number of aliphatic imine (C=N–C) groups is 2. The second-order valence-corrected chi connectivity index (χ2v) is 27.8. The van der Waals surface area contributed by atoms with Gasteiger partial charge in [-0.05, 0) is 119 Å². The number of nitrogens with zero attached hydrogens (tertiary/aromatic N) is 8. The molecule has 2 fully saturated rings. The number of aliphatic hydroxyl groups excluding tert-OH is 1. The molecule has 0 atom stereocenters. The number of urea groups is 2. The number of likely N-dealkylation sites (tertiary alicyclic amines) is 2. The third-order valence-electron chi connectivity index (χ3n) is 12.6. The highest BCUT2D eigenvalue weighted by Gasteiger charge is 2.38. The number of rotatable bonds is 18. The van der Waals surface area contributed by atoms with Gasteiger partial charge in [0, 0.05) is 61.4 Å². The van der Waals surface area contributed by atoms with E-state index < -0.39 is 26.1 Å². The van der Waals surface area contributed by atoms with E-state index in [1.165, 1.54) is 47.9 Å². The first-order valence-electron chi connectivity index (χ1n) is 26.4. The van der Waals surface area contributed by atoms with Gasteiger partial charge in [0.2, 0.25) is 11.2 Å². The molecule has 0 unspecified atom stereocenters. The molecule has 2 saturated heterocycles. The molecule has 0 bridgehead atoms. The van der Waals surface area contributed by atoms with Crippen molar-refractivity contribution in [3.8, 4) is 22.5 Å². The first kappa shape index (κ1) is 66.8. The van der Waals surface area contributed by atoms with E-state index in [1.54, 1.807) is 17.3 Å². The summed E-state index contributed by atoms with van der Waals surface area (Å²) in [4.78, 5) is 52.5. The lowest BCUT2D eigenvalue weighted by molar-refractivity contribution is -0.138. The summed E-state index contributed by atoms with van der Waals surface area (Å²) in [5, 5.41) is 17.7. The molecule has 6 rings (SSSR count). The molecule has 81 heavy (non-hydrogen) atoms. The highest BCUT2D eigenvalue weighted by atomic mass is 35.5. The van der Waals surface area contributed by atoms with Crippen molar-refractivity contribution < 1.29 is 41.8 Å². The van der Waals surface area contributed by atoms with Crippen molar-refractivity contribution in [2.45, 2.75) is 130 Å². The Morgan fingerprint density at radius 3 is 1.78 bits per heavy atom. The summed E-state index contributed by atoms with van der Waals surface area (Å²) in [6, 6.07) is 12.6. The van der Waals surface area contributed by atoms with Gasteiger partial charge in [-0.15, -0.1) is 0 Å². The fraction of sp³-hybridized carbons (Fsp3) is 0.500. The van der Waals surface area contributed by atoms with Crippen molar-refractivity contribution in [3.63, 3.8) is 0 Å². The van der Waals surface area contributed by atoms with Crippen molar-refractivity contribution in [1.29, 1.82) is 0 Å². The summed E-state index contributed by atoms with van der Waals surface area (Å²) < 4.78 is 59.3. The molecule has 0 saturated carbocycles. The number of carbonyl (C=O) groups is 2. The number of nitrogens with one attached hydrogen (secondary N) is 3. The molecular weight excluding hydrogens is 1090 g/mol. The average molecular weight is 1170 g/mol. The molecule has 2 aromatic heterocycles. The number of ether oxygens (including phenoxy) is 2. The normalized spacial score (nSPS) is 14.9. The Hall–Kier alpha value is -6.70. The lowest BCUT2D eigenvalue weighted by Gasteiger charge is -2.41. The number of amides is 4. The molecule has 444 valence electrons. The standard InChI is InChI=1S/C25H32F3N7O3.C20H25ClN4O2.C11H25N3OSi/c1-24(2,3)38-19-14-35(15-19)23(37)32-12-17-5-4-16(10-20(17)25(26,27)28)21-6-7-31-22(34-21)33-18(11-29)13-30-8-9-36;1-13-9-14(17-7-8-22-18(21)24-17)5-6-15(13)10-23-19(26)25-11-16(12-25)27-20(2,3)4;1-11(2,3)16(4,5)15-7-6-14-9-10(13)8-12/h4-7,10-11,13,19,36H,8-9,12,14-15,29H2,1-3H3,(H,32,37)(H,31,33,34);5-9,16H,10-12H2,1-4H3,(H,23,26);8-9H,6-7,12-13H2,1-5H3. The van der Waals surface area contributed by atoms with Gasteiger partial charge in [0.15, 0.2) is 8.32 Å². The van der Waals surface area contributed by atoms with Gasteiger partial charge in [0.05, 0.1) is 104 Å². The maximum absolute atomic E-state index is 13.9. The van der Waals surface area contributed by atoms with Crippen LogP contribution in [0.15, 0.2) is 94.7 Å². The maximum atomic E-state index is 13.9. The first-order chi connectivity index (χ1) is 37.8. The number of aliphatic hydroxyl groups is 1. The number of nitrogens with two attached hydrogens (primary N) is 3. The van der Waals surface area contributed by atoms with E-state index >= 15 is 0 Å². The minimum absolute atomic E-state index is 0.0604. The van der Waals surface area contributed by atoms with Crippen LogP contribution in [0, 0.1) is 6.92 Å². The van der Waals surface area contributed by atoms with Crippen molar-refractivity contribution in [2.75, 3.05) is 57.8 Å². The van der Waals surface area contributed by atoms with Crippen LogP contribution >= 0.6 is 11.6 Å². The van der Waals surface area contributed by atoms with Gasteiger partial charge in [-0.2, -0.15) is 13.2 Å². The Bertz CT molecular complexity index is 2820. The van der Waals surface area contributed by atoms with Crippen LogP contribution in [-0.4, -0.2) is 144 Å². The summed E-state index contributed by atoms with van der Waals surface area (Å²) >= 11 is 5.86. The molecule has 0 aliphatic carbocycles. The van der Waals surface area contributed by atoms with Gasteiger partial charge in [-0.25, -0.2) is 29.5 Å². The maximum Gasteiger partial charge on any atom is 0.416 e. The predicted octanol–water partition coefficient (Wildman–Crippen LogP) is 8.80. The number of aromatic nitrogens is 4. The molecule has 2 aliphatic rings. The Morgan fingerprint density at radius 2 is 1.28 bits per heavy atom. The van der Waals surface area contributed by atoms with E-state index in [2.05, 4.69) is 79.7 Å². The van der Waals surface area contributed by atoms with E-state index in [9.17, 15) is 22.8 Å². The topological polar surface area (TPSA) is 279 Å². The largest absolute Gasteiger partial charge is 0.416 e. The zero-order valence-corrected chi connectivity index (χ0v) is 50.4. The highest BCUT2D eigenvalue weighted by Crippen LogP contribution is 2.37. The SMILES string of the molecule is CC(C)(C)OC1CN(C(=O)NCc2ccc(-c3ccnc(NC(C=NCCO)=CN)n3)cc2C(F)(F)F)C1.CC(C)(C)[Si](C)(C)OCCN=CC(N)=CN.Cc1cc(-c2ccnc(Cl)n2)ccc1CNC(=O)N1CC(OC(C)(C)C)C1. The van der Waals surface area contributed by atoms with Crippen LogP contribution < -0.4 is 33.2 Å². The lowest BCUT2D eigenvalue weighted by atomic mass is 10.0. The van der Waals surface area contributed by atoms with Gasteiger partial charge in [0.1, 0.15) is 0 Å². The third-order valence-corrected chi connectivity index (χ3v) is 17.3. The van der Waals surface area contributed by atoms with Gasteiger partial charge in [0.25, 0.3) is 0 Å². The van der Waals surface area contributed by atoms with E-state index in [0.717, 1.165) is 28.5 Å². The molecule has 4 amide bonds. The smallest absolute Gasteiger partial charge is 0.415 e. The Kier molecular flexibility index (Phi) is 24.6. The zero-order valence-electron chi connectivity index (χ0n) is 48.6.